The highest BCUT2D eigenvalue weighted by Gasteiger charge is 2.14. The van der Waals surface area contributed by atoms with Gasteiger partial charge in [-0.25, -0.2) is 0 Å². The van der Waals surface area contributed by atoms with E-state index in [1.807, 2.05) is 0 Å². The molecule has 0 bridgehead atoms. The van der Waals surface area contributed by atoms with Crippen LogP contribution in [0.5, 0.6) is 0 Å². The van der Waals surface area contributed by atoms with Gasteiger partial charge in [0.25, 0.3) is 0 Å². The third-order valence-corrected chi connectivity index (χ3v) is 4.70. The van der Waals surface area contributed by atoms with Crippen LogP contribution in [0.2, 0.25) is 0 Å². The second kappa shape index (κ2) is 18.8. The number of hydrogen-bond donors (Lipinski definition) is 1. The molecular weight excluding hydrogens is 360 g/mol. The van der Waals surface area contributed by atoms with Gasteiger partial charge in [0.2, 0.25) is 5.91 Å². The highest BCUT2D eigenvalue weighted by molar-refractivity contribution is 5.91. The normalized spacial score (nSPS) is 11.1. The summed E-state index contributed by atoms with van der Waals surface area (Å²) in [5.41, 5.74) is 0.568. The van der Waals surface area contributed by atoms with Gasteiger partial charge in [0.1, 0.15) is 0 Å². The Kier molecular flexibility index (Phi) is 19.9. The molecule has 0 aromatic rings. The number of nitrogens with one attached hydrogen (secondary N) is 1. The van der Waals surface area contributed by atoms with Gasteiger partial charge >= 0.3 is 0 Å². The van der Waals surface area contributed by atoms with Crippen molar-refractivity contribution >= 4 is 5.91 Å². The molecule has 1 N–H and O–H groups in total. The zero-order chi connectivity index (χ0) is 19.7. The van der Waals surface area contributed by atoms with E-state index in [4.69, 9.17) is 4.74 Å². The Morgan fingerprint density at radius 2 is 1.44 bits per heavy atom. The number of quaternary nitrogens is 1. The largest absolute Gasteiger partial charge is 1.00 e. The summed E-state index contributed by atoms with van der Waals surface area (Å²) < 4.78 is 6.69. The summed E-state index contributed by atoms with van der Waals surface area (Å²) in [6.07, 6.45) is 14.5. The Bertz CT molecular complexity index is 373. The molecule has 0 aromatic heterocycles. The minimum atomic E-state index is -0.0486. The minimum Gasteiger partial charge on any atom is -1.00 e. The van der Waals surface area contributed by atoms with E-state index in [0.29, 0.717) is 12.1 Å². The maximum absolute atomic E-state index is 11.4. The van der Waals surface area contributed by atoms with Crippen molar-refractivity contribution in [2.24, 2.45) is 0 Å². The number of amides is 1. The summed E-state index contributed by atoms with van der Waals surface area (Å²) >= 11 is 0. The first-order valence-electron chi connectivity index (χ1n) is 10.7. The fourth-order valence-electron chi connectivity index (χ4n) is 2.93. The number of unbranched alkanes of at least 4 members (excludes halogenated alkanes) is 9. The number of carbonyl (C=O) groups excluding carboxylic acids is 1. The number of halogens is 1. The second-order valence-corrected chi connectivity index (χ2v) is 8.27. The Morgan fingerprint density at radius 1 is 0.926 bits per heavy atom. The molecule has 5 heteroatoms. The van der Waals surface area contributed by atoms with E-state index in [-0.39, 0.29) is 18.3 Å². The minimum absolute atomic E-state index is 0. The highest BCUT2D eigenvalue weighted by atomic mass is 35.5. The molecule has 0 aliphatic carbocycles. The van der Waals surface area contributed by atoms with Crippen LogP contribution in [0.15, 0.2) is 12.2 Å². The molecule has 0 rings (SSSR count). The van der Waals surface area contributed by atoms with E-state index >= 15 is 0 Å². The van der Waals surface area contributed by atoms with Gasteiger partial charge in [0.15, 0.2) is 6.73 Å². The molecule has 0 fully saturated rings. The molecule has 0 unspecified atom stereocenters. The lowest BCUT2D eigenvalue weighted by Crippen LogP contribution is -3.00. The first kappa shape index (κ1) is 28.6. The number of hydrogen-bond acceptors (Lipinski definition) is 2. The van der Waals surface area contributed by atoms with Crippen LogP contribution in [0.1, 0.15) is 84.5 Å². The number of nitrogens with zero attached hydrogens (tertiary/aromatic N) is 1. The molecule has 0 aromatic carbocycles. The van der Waals surface area contributed by atoms with Crippen LogP contribution in [0.4, 0.5) is 0 Å². The van der Waals surface area contributed by atoms with Crippen molar-refractivity contribution in [2.45, 2.75) is 84.5 Å². The van der Waals surface area contributed by atoms with E-state index in [9.17, 15) is 4.79 Å². The first-order valence-corrected chi connectivity index (χ1v) is 10.7. The molecule has 0 spiro atoms. The lowest BCUT2D eigenvalue weighted by Gasteiger charge is -2.29. The lowest BCUT2D eigenvalue weighted by atomic mass is 10.1. The van der Waals surface area contributed by atoms with Gasteiger partial charge in [0.05, 0.1) is 27.2 Å². The van der Waals surface area contributed by atoms with Crippen LogP contribution in [0, 0.1) is 0 Å². The van der Waals surface area contributed by atoms with Crippen molar-refractivity contribution in [1.29, 1.82) is 0 Å². The van der Waals surface area contributed by atoms with E-state index in [0.717, 1.165) is 30.8 Å². The molecular formula is C22H45ClN2O2. The number of carbonyl (C=O) groups is 1. The summed E-state index contributed by atoms with van der Waals surface area (Å²) in [5.74, 6) is -0.0486. The molecule has 1 amide bonds. The van der Waals surface area contributed by atoms with Crippen molar-refractivity contribution in [1.82, 2.24) is 5.32 Å². The zero-order valence-electron chi connectivity index (χ0n) is 18.5. The molecule has 4 nitrogen and oxygen atoms in total. The van der Waals surface area contributed by atoms with Crippen molar-refractivity contribution in [3.05, 3.63) is 12.2 Å². The molecule has 0 radical (unpaired) electrons. The summed E-state index contributed by atoms with van der Waals surface area (Å²) in [6, 6.07) is 0. The predicted octanol–water partition coefficient (Wildman–Crippen LogP) is 2.04. The Balaban J connectivity index is 0. The van der Waals surface area contributed by atoms with Gasteiger partial charge in [-0.3, -0.25) is 4.79 Å². The smallest absolute Gasteiger partial charge is 0.246 e. The quantitative estimate of drug-likeness (QED) is 0.164. The predicted molar refractivity (Wildman–Crippen MR) is 112 cm³/mol. The van der Waals surface area contributed by atoms with Gasteiger partial charge in [-0.1, -0.05) is 71.3 Å². The van der Waals surface area contributed by atoms with Gasteiger partial charge in [-0.15, -0.1) is 0 Å². The topological polar surface area (TPSA) is 38.3 Å². The molecule has 0 aliphatic rings. The van der Waals surface area contributed by atoms with Crippen LogP contribution in [0.3, 0.4) is 0 Å². The third kappa shape index (κ3) is 20.0. The number of rotatable bonds is 18. The zero-order valence-corrected chi connectivity index (χ0v) is 19.2. The summed E-state index contributed by atoms with van der Waals surface area (Å²) in [5, 5.41) is 2.88. The van der Waals surface area contributed by atoms with E-state index in [2.05, 4.69) is 32.9 Å². The second-order valence-electron chi connectivity index (χ2n) is 8.27. The molecule has 0 atom stereocenters. The Hall–Kier alpha value is -0.580. The van der Waals surface area contributed by atoms with Crippen LogP contribution >= 0.6 is 0 Å². The average Bonchev–Trinajstić information content (AvgIpc) is 2.59. The maximum atomic E-state index is 11.4. The monoisotopic (exact) mass is 404 g/mol. The Morgan fingerprint density at radius 3 is 1.96 bits per heavy atom. The third-order valence-electron chi connectivity index (χ3n) is 4.70. The Labute approximate surface area is 175 Å². The van der Waals surface area contributed by atoms with E-state index in [1.165, 1.54) is 64.2 Å². The van der Waals surface area contributed by atoms with Crippen LogP contribution < -0.4 is 17.7 Å². The lowest BCUT2D eigenvalue weighted by molar-refractivity contribution is -0.909. The van der Waals surface area contributed by atoms with Crippen molar-refractivity contribution in [2.75, 3.05) is 40.5 Å². The van der Waals surface area contributed by atoms with Crippen molar-refractivity contribution in [3.63, 3.8) is 0 Å². The fourth-order valence-corrected chi connectivity index (χ4v) is 2.93. The van der Waals surface area contributed by atoms with Crippen LogP contribution in [-0.4, -0.2) is 50.9 Å². The van der Waals surface area contributed by atoms with Gasteiger partial charge < -0.3 is 26.9 Å². The summed E-state index contributed by atoms with van der Waals surface area (Å²) in [6.45, 7) is 10.9. The number of ether oxygens (including phenoxy) is 1. The molecule has 27 heavy (non-hydrogen) atoms. The van der Waals surface area contributed by atoms with Crippen LogP contribution in [-0.2, 0) is 9.53 Å². The van der Waals surface area contributed by atoms with E-state index < -0.39 is 0 Å². The summed E-state index contributed by atoms with van der Waals surface area (Å²) in [7, 11) is 4.36. The highest BCUT2D eigenvalue weighted by Crippen LogP contribution is 2.10. The van der Waals surface area contributed by atoms with Crippen LogP contribution in [0.25, 0.3) is 0 Å². The first-order chi connectivity index (χ1) is 12.4. The van der Waals surface area contributed by atoms with Crippen molar-refractivity contribution in [3.8, 4) is 0 Å². The standard InChI is InChI=1S/C22H44N2O2.ClH/c1-6-7-8-9-10-11-12-13-14-15-19-26-20-24(4,5)18-16-17-23-22(25)21(2)3;/h2,6-20H2,1,3-5H3;1H. The fraction of sp³-hybridized carbons (Fsp3) is 0.864. The molecule has 0 aliphatic heterocycles. The average molecular weight is 405 g/mol. The molecule has 0 saturated heterocycles. The molecule has 0 saturated carbocycles. The SMILES string of the molecule is C=C(C)C(=O)NCCC[N+](C)(C)COCCCCCCCCCCCC.[Cl-]. The van der Waals surface area contributed by atoms with Gasteiger partial charge in [0, 0.05) is 18.5 Å². The van der Waals surface area contributed by atoms with E-state index in [1.54, 1.807) is 6.92 Å². The van der Waals surface area contributed by atoms with Gasteiger partial charge in [-0.2, -0.15) is 0 Å². The summed E-state index contributed by atoms with van der Waals surface area (Å²) in [4.78, 5) is 11.4. The van der Waals surface area contributed by atoms with Gasteiger partial charge in [-0.05, 0) is 13.3 Å². The maximum Gasteiger partial charge on any atom is 0.246 e. The molecule has 162 valence electrons. The molecule has 0 heterocycles. The van der Waals surface area contributed by atoms with Crippen molar-refractivity contribution < 1.29 is 26.4 Å².